The molecule has 3 rings (SSSR count). The van der Waals surface area contributed by atoms with Crippen molar-refractivity contribution in [3.63, 3.8) is 0 Å². The fourth-order valence-electron chi connectivity index (χ4n) is 2.05. The highest BCUT2D eigenvalue weighted by Gasteiger charge is 2.07. The summed E-state index contributed by atoms with van der Waals surface area (Å²) < 4.78 is 0. The van der Waals surface area contributed by atoms with Crippen LogP contribution in [0.1, 0.15) is 22.3 Å². The molecule has 2 aromatic heterocycles. The molecular formula is C18H25N7OS. The minimum absolute atomic E-state index is 0. The van der Waals surface area contributed by atoms with Crippen molar-refractivity contribution in [3.8, 4) is 0 Å². The summed E-state index contributed by atoms with van der Waals surface area (Å²) in [6.07, 6.45) is 2.43. The number of nitrogens with one attached hydrogen (secondary N) is 4. The highest BCUT2D eigenvalue weighted by Crippen LogP contribution is 2.21. The van der Waals surface area contributed by atoms with Gasteiger partial charge in [0.2, 0.25) is 0 Å². The zero-order valence-electron chi connectivity index (χ0n) is 15.0. The molecule has 1 aromatic carbocycles. The average molecular weight is 388 g/mol. The van der Waals surface area contributed by atoms with Crippen molar-refractivity contribution < 1.29 is 7.65 Å². The second-order valence-electron chi connectivity index (χ2n) is 4.96. The van der Waals surface area contributed by atoms with E-state index < -0.39 is 0 Å². The van der Waals surface area contributed by atoms with Gasteiger partial charge in [0.25, 0.3) is 0 Å². The van der Waals surface area contributed by atoms with Gasteiger partial charge in [-0.05, 0) is 35.7 Å². The number of nitrogens with zero attached hydrogens (tertiary/aromatic N) is 2. The first-order valence-corrected chi connectivity index (χ1v) is 9.18. The number of hydrogen-bond donors (Lipinski definition) is 5. The van der Waals surface area contributed by atoms with Gasteiger partial charge >= 0.3 is 6.03 Å². The van der Waals surface area contributed by atoms with E-state index in [1.807, 2.05) is 30.7 Å². The van der Waals surface area contributed by atoms with Crippen LogP contribution in [0.4, 0.5) is 33.5 Å². The van der Waals surface area contributed by atoms with Crippen LogP contribution in [0.5, 0.6) is 0 Å². The van der Waals surface area contributed by atoms with Gasteiger partial charge in [0.05, 0.1) is 11.3 Å². The zero-order chi connectivity index (χ0) is 19.6. The number of aromatic nitrogens is 2. The molecule has 3 aromatic rings. The Morgan fingerprint density at radius 1 is 1.11 bits per heavy atom. The van der Waals surface area contributed by atoms with Crippen molar-refractivity contribution in [2.45, 2.75) is 13.8 Å². The van der Waals surface area contributed by atoms with E-state index in [4.69, 9.17) is 11.1 Å². The standard InChI is InChI=1S/C16H15N7OS.C2H6.2H2/c17-7-13-14(18)19-9-20-15(13)21-10-1-3-11(4-2-10)22-16(24)23-12-5-6-25-8-12;1-2;;/h1-9,17H,(H2,22,23,24)(H3,18,19,20,21);1-2H3;2*1H. The summed E-state index contributed by atoms with van der Waals surface area (Å²) in [6.45, 7) is 4.00. The Bertz CT molecular complexity index is 890. The van der Waals surface area contributed by atoms with Gasteiger partial charge in [-0.25, -0.2) is 14.8 Å². The molecule has 0 saturated heterocycles. The van der Waals surface area contributed by atoms with Crippen LogP contribution in [0.25, 0.3) is 0 Å². The number of carbonyl (C=O) groups is 1. The van der Waals surface area contributed by atoms with Gasteiger partial charge in [0, 0.05) is 25.8 Å². The van der Waals surface area contributed by atoms with E-state index in [9.17, 15) is 4.79 Å². The normalized spacial score (nSPS) is 9.56. The van der Waals surface area contributed by atoms with Gasteiger partial charge in [-0.3, -0.25) is 0 Å². The van der Waals surface area contributed by atoms with Crippen LogP contribution in [-0.4, -0.2) is 22.2 Å². The largest absolute Gasteiger partial charge is 0.383 e. The topological polar surface area (TPSA) is 129 Å². The quantitative estimate of drug-likeness (QED) is 0.392. The SMILES string of the molecule is CC.N=Cc1c(N)ncnc1Nc1ccc(NC(=O)Nc2ccsc2)cc1.[HH].[HH]. The summed E-state index contributed by atoms with van der Waals surface area (Å²) in [5.41, 5.74) is 8.28. The third-order valence-corrected chi connectivity index (χ3v) is 3.93. The molecule has 0 aliphatic rings. The summed E-state index contributed by atoms with van der Waals surface area (Å²) in [5, 5.41) is 19.7. The Hall–Kier alpha value is -3.46. The fraction of sp³-hybridized carbons (Fsp3) is 0.111. The van der Waals surface area contributed by atoms with Gasteiger partial charge in [-0.2, -0.15) is 11.3 Å². The number of rotatable bonds is 5. The van der Waals surface area contributed by atoms with Gasteiger partial charge in [-0.1, -0.05) is 13.8 Å². The lowest BCUT2D eigenvalue weighted by molar-refractivity contribution is 0.262. The van der Waals surface area contributed by atoms with Gasteiger partial charge in [0.1, 0.15) is 18.0 Å². The summed E-state index contributed by atoms with van der Waals surface area (Å²) in [5.74, 6) is 0.675. The molecule has 144 valence electrons. The lowest BCUT2D eigenvalue weighted by Gasteiger charge is -2.10. The van der Waals surface area contributed by atoms with Crippen LogP contribution in [0.15, 0.2) is 47.4 Å². The Morgan fingerprint density at radius 3 is 2.41 bits per heavy atom. The van der Waals surface area contributed by atoms with E-state index in [1.165, 1.54) is 17.7 Å². The number of amides is 2. The molecule has 2 amide bonds. The molecule has 0 bridgehead atoms. The number of nitrogen functional groups attached to an aromatic ring is 1. The molecule has 0 unspecified atom stereocenters. The van der Waals surface area contributed by atoms with Crippen LogP contribution in [0, 0.1) is 5.41 Å². The summed E-state index contributed by atoms with van der Waals surface area (Å²) in [4.78, 5) is 19.8. The van der Waals surface area contributed by atoms with Crippen LogP contribution in [-0.2, 0) is 0 Å². The predicted octanol–water partition coefficient (Wildman–Crippen LogP) is 5.02. The second kappa shape index (κ2) is 9.88. The number of nitrogens with two attached hydrogens (primary N) is 1. The predicted molar refractivity (Wildman–Crippen MR) is 117 cm³/mol. The molecular weight excluding hydrogens is 362 g/mol. The number of urea groups is 1. The van der Waals surface area contributed by atoms with E-state index in [0.29, 0.717) is 17.1 Å². The lowest BCUT2D eigenvalue weighted by atomic mass is 10.2. The molecule has 0 radical (unpaired) electrons. The minimum Gasteiger partial charge on any atom is -0.383 e. The smallest absolute Gasteiger partial charge is 0.323 e. The van der Waals surface area contributed by atoms with Gasteiger partial charge in [-0.15, -0.1) is 0 Å². The monoisotopic (exact) mass is 387 g/mol. The van der Waals surface area contributed by atoms with Crippen LogP contribution < -0.4 is 21.7 Å². The Labute approximate surface area is 164 Å². The average Bonchev–Trinajstić information content (AvgIpc) is 3.18. The first-order chi connectivity index (χ1) is 13.2. The number of benzene rings is 1. The Morgan fingerprint density at radius 2 is 1.78 bits per heavy atom. The maximum absolute atomic E-state index is 11.9. The Kier molecular flexibility index (Phi) is 7.26. The summed E-state index contributed by atoms with van der Waals surface area (Å²) in [7, 11) is 0. The van der Waals surface area contributed by atoms with Crippen LogP contribution >= 0.6 is 11.3 Å². The minimum atomic E-state index is -0.311. The van der Waals surface area contributed by atoms with Gasteiger partial charge < -0.3 is 27.1 Å². The number of carbonyl (C=O) groups excluding carboxylic acids is 1. The molecule has 6 N–H and O–H groups in total. The van der Waals surface area contributed by atoms with E-state index in [2.05, 4.69) is 25.9 Å². The number of hydrogen-bond acceptors (Lipinski definition) is 7. The highest BCUT2D eigenvalue weighted by atomic mass is 32.1. The molecule has 27 heavy (non-hydrogen) atoms. The van der Waals surface area contributed by atoms with E-state index in [0.717, 1.165) is 17.6 Å². The maximum Gasteiger partial charge on any atom is 0.323 e. The van der Waals surface area contributed by atoms with E-state index in [1.54, 1.807) is 24.3 Å². The first kappa shape index (κ1) is 19.9. The fourth-order valence-corrected chi connectivity index (χ4v) is 2.64. The molecule has 8 nitrogen and oxygen atoms in total. The maximum atomic E-state index is 11.9. The second-order valence-corrected chi connectivity index (χ2v) is 5.74. The van der Waals surface area contributed by atoms with Gasteiger partial charge in [0.15, 0.2) is 0 Å². The van der Waals surface area contributed by atoms with E-state index in [-0.39, 0.29) is 14.7 Å². The van der Waals surface area contributed by atoms with E-state index >= 15 is 0 Å². The molecule has 0 aliphatic heterocycles. The first-order valence-electron chi connectivity index (χ1n) is 8.24. The summed E-state index contributed by atoms with van der Waals surface area (Å²) >= 11 is 1.51. The molecule has 2 heterocycles. The molecule has 0 aliphatic carbocycles. The van der Waals surface area contributed by atoms with Crippen molar-refractivity contribution in [2.75, 3.05) is 21.7 Å². The number of thiophene rings is 1. The van der Waals surface area contributed by atoms with Crippen molar-refractivity contribution in [1.29, 1.82) is 5.41 Å². The zero-order valence-corrected chi connectivity index (χ0v) is 15.8. The van der Waals surface area contributed by atoms with Crippen molar-refractivity contribution in [2.24, 2.45) is 0 Å². The lowest BCUT2D eigenvalue weighted by Crippen LogP contribution is -2.18. The molecule has 0 atom stereocenters. The molecule has 0 saturated carbocycles. The van der Waals surface area contributed by atoms with Crippen molar-refractivity contribution in [3.05, 3.63) is 53.0 Å². The Balaban J connectivity index is 0.00000190. The number of anilines is 5. The third kappa shape index (κ3) is 5.51. The van der Waals surface area contributed by atoms with Crippen molar-refractivity contribution >= 4 is 52.3 Å². The molecule has 9 heteroatoms. The molecule has 0 fully saturated rings. The van der Waals surface area contributed by atoms with Crippen LogP contribution in [0.2, 0.25) is 0 Å². The molecule has 0 spiro atoms. The van der Waals surface area contributed by atoms with Crippen LogP contribution in [0.3, 0.4) is 0 Å². The summed E-state index contributed by atoms with van der Waals surface area (Å²) in [6, 6.07) is 8.59. The highest BCUT2D eigenvalue weighted by molar-refractivity contribution is 7.08. The van der Waals surface area contributed by atoms with Crippen molar-refractivity contribution in [1.82, 2.24) is 9.97 Å². The third-order valence-electron chi connectivity index (χ3n) is 3.24.